The van der Waals surface area contributed by atoms with Crippen molar-refractivity contribution in [2.24, 2.45) is 0 Å². The predicted octanol–water partition coefficient (Wildman–Crippen LogP) is 2.28. The molecule has 2 aromatic rings. The second-order valence-corrected chi connectivity index (χ2v) is 6.51. The predicted molar refractivity (Wildman–Crippen MR) is 97.9 cm³/mol. The fraction of sp³-hybridized carbons (Fsp3) is 0.250. The lowest BCUT2D eigenvalue weighted by Crippen LogP contribution is -2.47. The van der Waals surface area contributed by atoms with Crippen molar-refractivity contribution in [1.29, 1.82) is 0 Å². The highest BCUT2D eigenvalue weighted by molar-refractivity contribution is 6.13. The Morgan fingerprint density at radius 2 is 1.77 bits per heavy atom. The molecule has 0 aromatic heterocycles. The van der Waals surface area contributed by atoms with E-state index < -0.39 is 6.04 Å². The molecule has 2 heterocycles. The van der Waals surface area contributed by atoms with E-state index in [-0.39, 0.29) is 24.3 Å². The number of carbonyl (C=O) groups is 3. The molecule has 1 fully saturated rings. The van der Waals surface area contributed by atoms with Crippen molar-refractivity contribution in [3.8, 4) is 0 Å². The molecule has 26 heavy (non-hydrogen) atoms. The smallest absolute Gasteiger partial charge is 0.256 e. The first-order valence-corrected chi connectivity index (χ1v) is 8.71. The van der Waals surface area contributed by atoms with Crippen LogP contribution < -0.4 is 10.2 Å². The van der Waals surface area contributed by atoms with Crippen LogP contribution in [0, 0.1) is 0 Å². The minimum atomic E-state index is -0.487. The second-order valence-electron chi connectivity index (χ2n) is 6.51. The van der Waals surface area contributed by atoms with Crippen molar-refractivity contribution in [3.63, 3.8) is 0 Å². The van der Waals surface area contributed by atoms with Crippen LogP contribution in [-0.2, 0) is 9.59 Å². The van der Waals surface area contributed by atoms with Crippen LogP contribution in [0.5, 0.6) is 0 Å². The number of hydrogen-bond acceptors (Lipinski definition) is 3. The maximum Gasteiger partial charge on any atom is 0.256 e. The van der Waals surface area contributed by atoms with E-state index in [1.54, 1.807) is 41.3 Å². The van der Waals surface area contributed by atoms with Gasteiger partial charge in [-0.15, -0.1) is 0 Å². The van der Waals surface area contributed by atoms with Crippen LogP contribution in [-0.4, -0.2) is 41.8 Å². The lowest BCUT2D eigenvalue weighted by atomic mass is 10.1. The number of rotatable bonds is 3. The number of anilines is 2. The molecule has 1 unspecified atom stereocenters. The van der Waals surface area contributed by atoms with Crippen molar-refractivity contribution < 1.29 is 14.4 Å². The van der Waals surface area contributed by atoms with E-state index >= 15 is 0 Å². The number of hydrogen-bond donors (Lipinski definition) is 1. The Balaban J connectivity index is 1.65. The number of nitrogens with one attached hydrogen (secondary N) is 1. The maximum absolute atomic E-state index is 13.1. The first kappa shape index (κ1) is 16.3. The molecule has 0 saturated carbocycles. The van der Waals surface area contributed by atoms with Gasteiger partial charge in [-0.05, 0) is 37.1 Å². The summed E-state index contributed by atoms with van der Waals surface area (Å²) in [7, 11) is 0. The summed E-state index contributed by atoms with van der Waals surface area (Å²) in [4.78, 5) is 41.5. The lowest BCUT2D eigenvalue weighted by Gasteiger charge is -2.25. The molecule has 6 heteroatoms. The number of para-hydroxylation sites is 2. The van der Waals surface area contributed by atoms with E-state index in [1.165, 1.54) is 4.90 Å². The molecule has 4 rings (SSSR count). The Kier molecular flexibility index (Phi) is 4.16. The van der Waals surface area contributed by atoms with Crippen molar-refractivity contribution in [2.75, 3.05) is 23.3 Å². The van der Waals surface area contributed by atoms with Crippen LogP contribution in [0.2, 0.25) is 0 Å². The van der Waals surface area contributed by atoms with Gasteiger partial charge in [0.05, 0.1) is 11.3 Å². The Labute approximate surface area is 151 Å². The Morgan fingerprint density at radius 1 is 1.04 bits per heavy atom. The van der Waals surface area contributed by atoms with E-state index in [1.807, 2.05) is 18.2 Å². The van der Waals surface area contributed by atoms with Crippen molar-refractivity contribution in [1.82, 2.24) is 4.90 Å². The van der Waals surface area contributed by atoms with Gasteiger partial charge in [-0.3, -0.25) is 14.4 Å². The van der Waals surface area contributed by atoms with Gasteiger partial charge in [0.15, 0.2) is 0 Å². The van der Waals surface area contributed by atoms with Crippen LogP contribution in [0.1, 0.15) is 23.2 Å². The van der Waals surface area contributed by atoms with Gasteiger partial charge >= 0.3 is 0 Å². The Hall–Kier alpha value is -3.15. The van der Waals surface area contributed by atoms with Gasteiger partial charge in [-0.1, -0.05) is 30.3 Å². The molecule has 3 amide bonds. The molecule has 0 radical (unpaired) electrons. The zero-order valence-electron chi connectivity index (χ0n) is 14.2. The molecule has 2 aliphatic heterocycles. The minimum absolute atomic E-state index is 0.123. The van der Waals surface area contributed by atoms with E-state index in [9.17, 15) is 14.4 Å². The lowest BCUT2D eigenvalue weighted by molar-refractivity contribution is -0.124. The summed E-state index contributed by atoms with van der Waals surface area (Å²) in [6, 6.07) is 15.6. The van der Waals surface area contributed by atoms with E-state index in [0.717, 1.165) is 6.42 Å². The SMILES string of the molecule is O=C(CN1C(=O)C2CCCN2C(=O)c2ccccc21)Nc1ccccc1. The zero-order chi connectivity index (χ0) is 18.1. The highest BCUT2D eigenvalue weighted by Crippen LogP contribution is 2.32. The van der Waals surface area contributed by atoms with Gasteiger partial charge in [0.2, 0.25) is 11.8 Å². The molecule has 1 saturated heterocycles. The average Bonchev–Trinajstić information content (AvgIpc) is 3.13. The molecule has 0 bridgehead atoms. The molecule has 0 spiro atoms. The van der Waals surface area contributed by atoms with Crippen LogP contribution in [0.15, 0.2) is 54.6 Å². The normalized spacial score (nSPS) is 19.0. The number of amides is 3. The van der Waals surface area contributed by atoms with Crippen molar-refractivity contribution in [3.05, 3.63) is 60.2 Å². The third-order valence-electron chi connectivity index (χ3n) is 4.85. The summed E-state index contributed by atoms with van der Waals surface area (Å²) in [5, 5.41) is 2.80. The van der Waals surface area contributed by atoms with Crippen molar-refractivity contribution >= 4 is 29.1 Å². The van der Waals surface area contributed by atoms with Crippen LogP contribution in [0.3, 0.4) is 0 Å². The number of fused-ring (bicyclic) bond motifs is 2. The molecule has 132 valence electrons. The molecule has 6 nitrogen and oxygen atoms in total. The van der Waals surface area contributed by atoms with Gasteiger partial charge in [0, 0.05) is 12.2 Å². The molecule has 2 aromatic carbocycles. The average molecular weight is 349 g/mol. The zero-order valence-corrected chi connectivity index (χ0v) is 14.2. The second kappa shape index (κ2) is 6.63. The number of nitrogens with zero attached hydrogens (tertiary/aromatic N) is 2. The molecule has 0 aliphatic carbocycles. The van der Waals surface area contributed by atoms with Gasteiger partial charge in [-0.2, -0.15) is 0 Å². The number of benzene rings is 2. The summed E-state index contributed by atoms with van der Waals surface area (Å²) in [6.45, 7) is 0.454. The van der Waals surface area contributed by atoms with Crippen LogP contribution in [0.25, 0.3) is 0 Å². The van der Waals surface area contributed by atoms with Crippen LogP contribution >= 0.6 is 0 Å². The molecule has 1 atom stereocenters. The highest BCUT2D eigenvalue weighted by Gasteiger charge is 2.42. The molecular formula is C20H19N3O3. The largest absolute Gasteiger partial charge is 0.327 e. The fourth-order valence-corrected chi connectivity index (χ4v) is 3.64. The number of carbonyl (C=O) groups excluding carboxylic acids is 3. The Morgan fingerprint density at radius 3 is 2.58 bits per heavy atom. The highest BCUT2D eigenvalue weighted by atomic mass is 16.2. The summed E-state index contributed by atoms with van der Waals surface area (Å²) < 4.78 is 0. The quantitative estimate of drug-likeness (QED) is 0.924. The van der Waals surface area contributed by atoms with Crippen LogP contribution in [0.4, 0.5) is 11.4 Å². The van der Waals surface area contributed by atoms with E-state index in [0.29, 0.717) is 29.9 Å². The third-order valence-corrected chi connectivity index (χ3v) is 4.85. The Bertz CT molecular complexity index is 866. The minimum Gasteiger partial charge on any atom is -0.327 e. The van der Waals surface area contributed by atoms with Gasteiger partial charge in [0.25, 0.3) is 5.91 Å². The maximum atomic E-state index is 13.1. The topological polar surface area (TPSA) is 69.7 Å². The summed E-state index contributed by atoms with van der Waals surface area (Å²) in [5.41, 5.74) is 1.64. The monoisotopic (exact) mass is 349 g/mol. The molecular weight excluding hydrogens is 330 g/mol. The van der Waals surface area contributed by atoms with E-state index in [4.69, 9.17) is 0 Å². The van der Waals surface area contributed by atoms with Gasteiger partial charge in [-0.25, -0.2) is 0 Å². The third kappa shape index (κ3) is 2.83. The summed E-state index contributed by atoms with van der Waals surface area (Å²) in [6.07, 6.45) is 1.43. The van der Waals surface area contributed by atoms with Crippen molar-refractivity contribution in [2.45, 2.75) is 18.9 Å². The fourth-order valence-electron chi connectivity index (χ4n) is 3.64. The molecule has 2 aliphatic rings. The first-order chi connectivity index (χ1) is 12.6. The van der Waals surface area contributed by atoms with E-state index in [2.05, 4.69) is 5.32 Å². The summed E-state index contributed by atoms with van der Waals surface area (Å²) in [5.74, 6) is -0.621. The van der Waals surface area contributed by atoms with Gasteiger partial charge < -0.3 is 15.1 Å². The molecule has 1 N–H and O–H groups in total. The van der Waals surface area contributed by atoms with Gasteiger partial charge in [0.1, 0.15) is 12.6 Å². The standard InChI is InChI=1S/C20H19N3O3/c24-18(21-14-7-2-1-3-8-14)13-23-16-10-5-4-9-15(16)19(25)22-12-6-11-17(22)20(23)26/h1-5,7-10,17H,6,11-13H2,(H,21,24). The first-order valence-electron chi connectivity index (χ1n) is 8.71. The summed E-state index contributed by atoms with van der Waals surface area (Å²) >= 11 is 0.